The van der Waals surface area contributed by atoms with Crippen LogP contribution in [0.5, 0.6) is 0 Å². The van der Waals surface area contributed by atoms with Crippen molar-refractivity contribution in [3.8, 4) is 0 Å². The Kier molecular flexibility index (Phi) is 52.4. The Morgan fingerprint density at radius 1 is 0.500 bits per heavy atom. The fourth-order valence-electron chi connectivity index (χ4n) is 1.62. The van der Waals surface area contributed by atoms with Gasteiger partial charge in [-0.05, 0) is 50.0 Å². The standard InChI is InChI=1S/2C8H10N2.2C2H3O.3CH4.3Y/c2*1-5-3-4-6(2)8(10)7(5)9;2*1-2-3;;;;;;/h2*3-4,9-10H,1-2H3;2*1H3;3*1H4;;;/q;;2*-1;;;;;;. The second-order valence-electron chi connectivity index (χ2n) is 5.31. The third-order valence-corrected chi connectivity index (χ3v) is 3.24. The number of carbonyl (C=O) groups excluding carboxylic acids is 2. The Balaban J connectivity index is -0.0000000419. The van der Waals surface area contributed by atoms with E-state index in [-0.39, 0.29) is 120 Å². The summed E-state index contributed by atoms with van der Waals surface area (Å²) in [4.78, 5) is 17.4. The molecule has 4 N–H and O–H groups in total. The van der Waals surface area contributed by atoms with Crippen molar-refractivity contribution in [2.45, 2.75) is 63.8 Å². The monoisotopic (exact) mass is 669 g/mol. The molecule has 0 bridgehead atoms. The van der Waals surface area contributed by atoms with Crippen LogP contribution < -0.4 is 0 Å². The SMILES string of the molecule is C.C.C.CC1=CC=C(C)C(=N)C1=N.CC1=CC=C(C)C(=N)C1=N.C[C-]=O.C[C-]=O.[Y].[Y].[Y]. The molecular weight excluding hydrogens is 631 g/mol. The molecule has 32 heavy (non-hydrogen) atoms. The van der Waals surface area contributed by atoms with Crippen molar-refractivity contribution in [1.82, 2.24) is 0 Å². The number of hydrogen-bond donors (Lipinski definition) is 4. The van der Waals surface area contributed by atoms with E-state index >= 15 is 0 Å². The number of rotatable bonds is 0. The maximum absolute atomic E-state index is 8.68. The zero-order valence-electron chi connectivity index (χ0n) is 17.9. The van der Waals surface area contributed by atoms with Crippen LogP contribution in [0, 0.1) is 21.6 Å². The van der Waals surface area contributed by atoms with Crippen LogP contribution in [-0.4, -0.2) is 35.4 Å². The molecule has 0 atom stereocenters. The van der Waals surface area contributed by atoms with Gasteiger partial charge >= 0.3 is 0 Å². The molecule has 9 heteroatoms. The first-order valence-corrected chi connectivity index (χ1v) is 7.73. The smallest absolute Gasteiger partial charge is 0.0821 e. The van der Waals surface area contributed by atoms with E-state index in [2.05, 4.69) is 0 Å². The third-order valence-electron chi connectivity index (χ3n) is 3.24. The minimum atomic E-state index is 0. The van der Waals surface area contributed by atoms with Gasteiger partial charge in [0, 0.05) is 98.1 Å². The largest absolute Gasteiger partial charge is 0.542 e. The fraction of sp³-hybridized carbons (Fsp3) is 0.391. The average Bonchev–Trinajstić information content (AvgIpc) is 2.60. The maximum Gasteiger partial charge on any atom is 0.0821 e. The molecule has 2 rings (SSSR count). The number of hydrogen-bond acceptors (Lipinski definition) is 6. The van der Waals surface area contributed by atoms with Gasteiger partial charge in [0.2, 0.25) is 0 Å². The first-order valence-electron chi connectivity index (χ1n) is 7.73. The molecule has 0 aromatic heterocycles. The van der Waals surface area contributed by atoms with Gasteiger partial charge in [-0.3, -0.25) is 34.2 Å². The molecule has 2 aliphatic carbocycles. The molecule has 6 nitrogen and oxygen atoms in total. The summed E-state index contributed by atoms with van der Waals surface area (Å²) in [5, 5.41) is 29.6. The van der Waals surface area contributed by atoms with Crippen LogP contribution in [-0.2, 0) is 108 Å². The van der Waals surface area contributed by atoms with Crippen LogP contribution in [0.2, 0.25) is 0 Å². The Bertz CT molecular complexity index is 602. The molecule has 0 spiro atoms. The summed E-state index contributed by atoms with van der Waals surface area (Å²) >= 11 is 0. The molecule has 0 amide bonds. The zero-order valence-corrected chi connectivity index (χ0v) is 26.4. The van der Waals surface area contributed by atoms with Gasteiger partial charge in [0.15, 0.2) is 0 Å². The van der Waals surface area contributed by atoms with E-state index < -0.39 is 0 Å². The predicted molar refractivity (Wildman–Crippen MR) is 129 cm³/mol. The molecule has 3 radical (unpaired) electrons. The van der Waals surface area contributed by atoms with Crippen molar-refractivity contribution in [3.05, 3.63) is 46.6 Å². The molecule has 0 heterocycles. The van der Waals surface area contributed by atoms with E-state index in [0.717, 1.165) is 22.3 Å². The Labute approximate surface area is 271 Å². The summed E-state index contributed by atoms with van der Waals surface area (Å²) in [5.74, 6) is 0. The van der Waals surface area contributed by atoms with Gasteiger partial charge in [-0.25, -0.2) is 0 Å². The van der Waals surface area contributed by atoms with Gasteiger partial charge in [0.1, 0.15) is 0 Å². The minimum Gasteiger partial charge on any atom is -0.542 e. The molecule has 0 saturated heterocycles. The van der Waals surface area contributed by atoms with Crippen molar-refractivity contribution >= 4 is 35.4 Å². The fourth-order valence-corrected chi connectivity index (χ4v) is 1.62. The Morgan fingerprint density at radius 3 is 0.688 bits per heavy atom. The van der Waals surface area contributed by atoms with E-state index in [1.165, 1.54) is 26.4 Å². The van der Waals surface area contributed by atoms with Crippen LogP contribution in [0.15, 0.2) is 46.6 Å². The summed E-state index contributed by atoms with van der Waals surface area (Å²) in [6.07, 6.45) is 10.5. The van der Waals surface area contributed by atoms with Crippen molar-refractivity contribution in [2.24, 2.45) is 0 Å². The summed E-state index contributed by atoms with van der Waals surface area (Å²) in [6, 6.07) is 0. The van der Waals surface area contributed by atoms with Gasteiger partial charge in [-0.15, -0.1) is 0 Å². The first kappa shape index (κ1) is 53.6. The van der Waals surface area contributed by atoms with Crippen LogP contribution >= 0.6 is 0 Å². The van der Waals surface area contributed by atoms with Crippen molar-refractivity contribution in [3.63, 3.8) is 0 Å². The molecule has 0 aromatic carbocycles. The van der Waals surface area contributed by atoms with E-state index in [1.54, 1.807) is 0 Å². The molecule has 173 valence electrons. The summed E-state index contributed by atoms with van der Waals surface area (Å²) in [5.41, 5.74) is 4.87. The van der Waals surface area contributed by atoms with E-state index in [9.17, 15) is 0 Å². The van der Waals surface area contributed by atoms with Crippen LogP contribution in [0.25, 0.3) is 0 Å². The average molecular weight is 669 g/mol. The van der Waals surface area contributed by atoms with Crippen molar-refractivity contribution in [2.75, 3.05) is 0 Å². The van der Waals surface area contributed by atoms with E-state index in [4.69, 9.17) is 31.2 Å². The zero-order chi connectivity index (χ0) is 20.9. The normalized spacial score (nSPS) is 12.4. The quantitative estimate of drug-likeness (QED) is 0.187. The maximum atomic E-state index is 8.68. The molecule has 0 saturated carbocycles. The molecule has 2 aliphatic rings. The number of allylic oxidation sites excluding steroid dienone is 8. The Hall–Kier alpha value is 0.292. The molecule has 0 unspecified atom stereocenters. The topological polar surface area (TPSA) is 130 Å². The van der Waals surface area contributed by atoms with Crippen molar-refractivity contribution in [1.29, 1.82) is 21.6 Å². The van der Waals surface area contributed by atoms with Gasteiger partial charge < -0.3 is 9.59 Å². The summed E-state index contributed by atoms with van der Waals surface area (Å²) in [6.45, 7) is 10.0. The van der Waals surface area contributed by atoms with Gasteiger partial charge in [-0.1, -0.05) is 46.6 Å². The number of nitrogens with one attached hydrogen (secondary N) is 4. The summed E-state index contributed by atoms with van der Waals surface area (Å²) in [7, 11) is 0. The van der Waals surface area contributed by atoms with E-state index in [0.29, 0.717) is 22.8 Å². The third kappa shape index (κ3) is 22.1. The second kappa shape index (κ2) is 31.3. The second-order valence-corrected chi connectivity index (χ2v) is 5.31. The van der Waals surface area contributed by atoms with Gasteiger partial charge in [-0.2, -0.15) is 13.8 Å². The van der Waals surface area contributed by atoms with Crippen LogP contribution in [0.4, 0.5) is 0 Å². The van der Waals surface area contributed by atoms with Crippen LogP contribution in [0.1, 0.15) is 63.8 Å². The molecule has 0 fully saturated rings. The molecular formula is C23H38N4O2Y3-2. The van der Waals surface area contributed by atoms with Crippen LogP contribution in [0.3, 0.4) is 0 Å². The van der Waals surface area contributed by atoms with Gasteiger partial charge in [0.05, 0.1) is 22.8 Å². The van der Waals surface area contributed by atoms with E-state index in [1.807, 2.05) is 52.0 Å². The van der Waals surface area contributed by atoms with Gasteiger partial charge in [0.25, 0.3) is 0 Å². The van der Waals surface area contributed by atoms with Crippen molar-refractivity contribution < 1.29 is 108 Å². The molecule has 0 aliphatic heterocycles. The first-order chi connectivity index (χ1) is 12.1. The predicted octanol–water partition coefficient (Wildman–Crippen LogP) is 6.00. The summed E-state index contributed by atoms with van der Waals surface area (Å²) < 4.78 is 0. The molecule has 0 aromatic rings. The minimum absolute atomic E-state index is 0. The Morgan fingerprint density at radius 2 is 0.594 bits per heavy atom.